The minimum Gasteiger partial charge on any atom is -0.491 e. The third-order valence-electron chi connectivity index (χ3n) is 4.05. The summed E-state index contributed by atoms with van der Waals surface area (Å²) in [4.78, 5) is 16.4. The minimum atomic E-state index is -0.172. The molecule has 24 heavy (non-hydrogen) atoms. The maximum Gasteiger partial charge on any atom is 0.251 e. The second-order valence-electron chi connectivity index (χ2n) is 5.90. The first-order chi connectivity index (χ1) is 11.6. The van der Waals surface area contributed by atoms with Gasteiger partial charge in [0.1, 0.15) is 18.1 Å². The van der Waals surface area contributed by atoms with Gasteiger partial charge in [-0.15, -0.1) is 0 Å². The summed E-state index contributed by atoms with van der Waals surface area (Å²) in [6, 6.07) is 7.07. The normalized spacial score (nSPS) is 17.0. The number of rotatable bonds is 6. The van der Waals surface area contributed by atoms with Crippen molar-refractivity contribution in [3.63, 3.8) is 0 Å². The number of nitrogens with one attached hydrogen (secondary N) is 1. The number of aryl methyl sites for hydroxylation is 2. The summed E-state index contributed by atoms with van der Waals surface area (Å²) in [6.07, 6.45) is 2.32. The Labute approximate surface area is 141 Å². The van der Waals surface area contributed by atoms with Crippen molar-refractivity contribution in [1.29, 1.82) is 0 Å². The van der Waals surface area contributed by atoms with Gasteiger partial charge in [0, 0.05) is 12.2 Å². The van der Waals surface area contributed by atoms with E-state index in [1.165, 1.54) is 0 Å². The molecule has 2 aromatic rings. The van der Waals surface area contributed by atoms with Gasteiger partial charge >= 0.3 is 0 Å². The lowest BCUT2D eigenvalue weighted by atomic mass is 10.2. The van der Waals surface area contributed by atoms with E-state index in [1.54, 1.807) is 24.3 Å². The van der Waals surface area contributed by atoms with Crippen LogP contribution in [0.4, 0.5) is 0 Å². The second kappa shape index (κ2) is 7.49. The summed E-state index contributed by atoms with van der Waals surface area (Å²) in [5, 5.41) is 2.80. The first kappa shape index (κ1) is 16.5. The zero-order valence-corrected chi connectivity index (χ0v) is 14.0. The zero-order valence-electron chi connectivity index (χ0n) is 14.0. The molecule has 1 aromatic heterocycles. The Kier molecular flexibility index (Phi) is 5.15. The molecule has 3 rings (SSSR count). The Morgan fingerprint density at radius 2 is 2.12 bits per heavy atom. The monoisotopic (exact) mass is 330 g/mol. The number of nitrogens with zero attached hydrogens (tertiary/aromatic N) is 1. The maximum atomic E-state index is 12.1. The van der Waals surface area contributed by atoms with Gasteiger partial charge in [-0.3, -0.25) is 4.79 Å². The van der Waals surface area contributed by atoms with Crippen LogP contribution >= 0.6 is 0 Å². The minimum absolute atomic E-state index is 0.172. The number of aromatic nitrogens is 1. The van der Waals surface area contributed by atoms with Crippen molar-refractivity contribution in [1.82, 2.24) is 10.3 Å². The topological polar surface area (TPSA) is 73.6 Å². The van der Waals surface area contributed by atoms with Crippen molar-refractivity contribution >= 4 is 5.91 Å². The fraction of sp³-hybridized carbons (Fsp3) is 0.444. The largest absolute Gasteiger partial charge is 0.491 e. The highest BCUT2D eigenvalue weighted by atomic mass is 16.5. The van der Waals surface area contributed by atoms with Gasteiger partial charge < -0.3 is 19.2 Å². The van der Waals surface area contributed by atoms with E-state index in [1.807, 2.05) is 13.8 Å². The molecule has 6 nitrogen and oxygen atoms in total. The lowest BCUT2D eigenvalue weighted by Crippen LogP contribution is -2.23. The van der Waals surface area contributed by atoms with E-state index in [9.17, 15) is 4.79 Å². The van der Waals surface area contributed by atoms with Crippen LogP contribution in [0.3, 0.4) is 0 Å². The van der Waals surface area contributed by atoms with Crippen LogP contribution in [0.25, 0.3) is 0 Å². The van der Waals surface area contributed by atoms with E-state index in [0.29, 0.717) is 18.1 Å². The number of benzene rings is 1. The highest BCUT2D eigenvalue weighted by molar-refractivity contribution is 5.94. The van der Waals surface area contributed by atoms with Gasteiger partial charge in [-0.1, -0.05) is 0 Å². The van der Waals surface area contributed by atoms with Gasteiger partial charge in [-0.05, 0) is 51.0 Å². The molecule has 6 heteroatoms. The first-order valence-corrected chi connectivity index (χ1v) is 8.17. The fourth-order valence-corrected chi connectivity index (χ4v) is 2.54. The standard InChI is InChI=1S/C18H22N2O4/c1-12-13(2)24-17(20-12)10-19-18(21)14-5-7-15(8-6-14)23-11-16-4-3-9-22-16/h5-8,16H,3-4,9-11H2,1-2H3,(H,19,21). The Bertz CT molecular complexity index is 668. The molecule has 1 aliphatic rings. The molecule has 1 amide bonds. The van der Waals surface area contributed by atoms with Crippen LogP contribution in [0.2, 0.25) is 0 Å². The molecular formula is C18H22N2O4. The third-order valence-corrected chi connectivity index (χ3v) is 4.05. The molecular weight excluding hydrogens is 308 g/mol. The van der Waals surface area contributed by atoms with Crippen LogP contribution in [0.5, 0.6) is 5.75 Å². The molecule has 1 aliphatic heterocycles. The van der Waals surface area contributed by atoms with E-state index >= 15 is 0 Å². The van der Waals surface area contributed by atoms with Gasteiger partial charge in [0.25, 0.3) is 5.91 Å². The van der Waals surface area contributed by atoms with Crippen molar-refractivity contribution in [3.05, 3.63) is 47.2 Å². The highest BCUT2D eigenvalue weighted by Crippen LogP contribution is 2.16. The molecule has 1 unspecified atom stereocenters. The van der Waals surface area contributed by atoms with E-state index in [2.05, 4.69) is 10.3 Å². The Morgan fingerprint density at radius 1 is 1.33 bits per heavy atom. The molecule has 2 heterocycles. The fourth-order valence-electron chi connectivity index (χ4n) is 2.54. The van der Waals surface area contributed by atoms with Gasteiger partial charge in [0.15, 0.2) is 0 Å². The summed E-state index contributed by atoms with van der Waals surface area (Å²) >= 11 is 0. The predicted molar refractivity (Wildman–Crippen MR) is 88.1 cm³/mol. The van der Waals surface area contributed by atoms with Crippen LogP contribution in [0, 0.1) is 13.8 Å². The number of carbonyl (C=O) groups is 1. The van der Waals surface area contributed by atoms with Gasteiger partial charge in [-0.2, -0.15) is 0 Å². The number of carbonyl (C=O) groups excluding carboxylic acids is 1. The van der Waals surface area contributed by atoms with Crippen molar-refractivity contribution in [3.8, 4) is 5.75 Å². The van der Waals surface area contributed by atoms with Crippen molar-refractivity contribution in [2.75, 3.05) is 13.2 Å². The highest BCUT2D eigenvalue weighted by Gasteiger charge is 2.16. The molecule has 1 atom stereocenters. The second-order valence-corrected chi connectivity index (χ2v) is 5.90. The molecule has 1 N–H and O–H groups in total. The number of oxazole rings is 1. The zero-order chi connectivity index (χ0) is 16.9. The SMILES string of the molecule is Cc1nc(CNC(=O)c2ccc(OCC3CCCO3)cc2)oc1C. The van der Waals surface area contributed by atoms with E-state index in [0.717, 1.165) is 36.7 Å². The van der Waals surface area contributed by atoms with Crippen molar-refractivity contribution in [2.45, 2.75) is 39.3 Å². The summed E-state index contributed by atoms with van der Waals surface area (Å²) in [7, 11) is 0. The van der Waals surface area contributed by atoms with E-state index in [-0.39, 0.29) is 18.6 Å². The van der Waals surface area contributed by atoms with E-state index in [4.69, 9.17) is 13.9 Å². The summed E-state index contributed by atoms with van der Waals surface area (Å²) in [6.45, 7) is 5.36. The maximum absolute atomic E-state index is 12.1. The molecule has 0 aliphatic carbocycles. The molecule has 128 valence electrons. The van der Waals surface area contributed by atoms with Crippen molar-refractivity contribution in [2.24, 2.45) is 0 Å². The summed E-state index contributed by atoms with van der Waals surface area (Å²) in [5.41, 5.74) is 1.41. The van der Waals surface area contributed by atoms with Crippen molar-refractivity contribution < 1.29 is 18.7 Å². The molecule has 0 saturated carbocycles. The number of hydrogen-bond acceptors (Lipinski definition) is 5. The Morgan fingerprint density at radius 3 is 2.75 bits per heavy atom. The molecule has 0 spiro atoms. The average Bonchev–Trinajstić information content (AvgIpc) is 3.21. The van der Waals surface area contributed by atoms with Gasteiger partial charge in [-0.25, -0.2) is 4.98 Å². The number of hydrogen-bond donors (Lipinski definition) is 1. The lowest BCUT2D eigenvalue weighted by molar-refractivity contribution is 0.0679. The summed E-state index contributed by atoms with van der Waals surface area (Å²) in [5.74, 6) is 1.84. The summed E-state index contributed by atoms with van der Waals surface area (Å²) < 4.78 is 16.6. The smallest absolute Gasteiger partial charge is 0.251 e. The Hall–Kier alpha value is -2.34. The third kappa shape index (κ3) is 4.14. The quantitative estimate of drug-likeness (QED) is 0.881. The molecule has 0 radical (unpaired) electrons. The predicted octanol–water partition coefficient (Wildman–Crippen LogP) is 2.78. The molecule has 1 aromatic carbocycles. The molecule has 0 bridgehead atoms. The molecule has 1 saturated heterocycles. The van der Waals surface area contributed by atoms with Crippen LogP contribution in [0.15, 0.2) is 28.7 Å². The molecule has 1 fully saturated rings. The number of amides is 1. The lowest BCUT2D eigenvalue weighted by Gasteiger charge is -2.11. The van der Waals surface area contributed by atoms with Gasteiger partial charge in [0.05, 0.1) is 18.3 Å². The van der Waals surface area contributed by atoms with Crippen LogP contribution in [-0.4, -0.2) is 30.2 Å². The van der Waals surface area contributed by atoms with Gasteiger partial charge in [0.2, 0.25) is 5.89 Å². The average molecular weight is 330 g/mol. The first-order valence-electron chi connectivity index (χ1n) is 8.17. The van der Waals surface area contributed by atoms with E-state index < -0.39 is 0 Å². The number of ether oxygens (including phenoxy) is 2. The van der Waals surface area contributed by atoms with Crippen LogP contribution in [0.1, 0.15) is 40.5 Å². The Balaban J connectivity index is 1.49. The van der Waals surface area contributed by atoms with Crippen LogP contribution < -0.4 is 10.1 Å². The van der Waals surface area contributed by atoms with Crippen LogP contribution in [-0.2, 0) is 11.3 Å².